The van der Waals surface area contributed by atoms with Gasteiger partial charge in [-0.05, 0) is 334 Å². The minimum Gasteiger partial charge on any atom is -0.871 e. The lowest BCUT2D eigenvalue weighted by atomic mass is 9.81. The summed E-state index contributed by atoms with van der Waals surface area (Å²) in [6, 6.07) is 17.4. The number of carbonyl (C=O) groups excluding carboxylic acids is 5. The van der Waals surface area contributed by atoms with E-state index in [1.54, 1.807) is 230 Å². The number of rotatable bonds is 18. The average Bonchev–Trinajstić information content (AvgIpc) is 0.795. The van der Waals surface area contributed by atoms with E-state index >= 15 is 0 Å². The van der Waals surface area contributed by atoms with Gasteiger partial charge in [-0.25, -0.2) is 19.3 Å². The molecule has 0 bridgehead atoms. The van der Waals surface area contributed by atoms with Gasteiger partial charge in [0, 0.05) is 129 Å². The number of esters is 2. The van der Waals surface area contributed by atoms with Crippen LogP contribution in [0.5, 0.6) is 5.75 Å². The minimum atomic E-state index is -6.07. The van der Waals surface area contributed by atoms with Gasteiger partial charge in [0.15, 0.2) is 0 Å². The smallest absolute Gasteiger partial charge is 0.518 e. The maximum Gasteiger partial charge on any atom is 0.518 e. The number of nitrogens with two attached hydrogens (primary N) is 1. The minimum absolute atomic E-state index is 0.0131. The number of nitrogens with one attached hydrogen (secondary N) is 4. The SMILES string of the molecule is C=C(C)C(=O)OC1CC(C)(C)[NH2+]C(C)(C)C1.C=C(C)C(=O)OCC[NH+](C)C.C=Cc1ccc([NH3+])cc1.C=Cn1ccnc1.CC(=O)Nc1c(I)c(NC(C)=O)c(I)c(C([O-])=NS(=O)(=O)C(F)(F)F)c1I.O=C(NS(=O)(=O)C(F)(F)F)c1cc(I)c([O-])c(I)c1.O=S(=O)(N=C([O-])c1c(I)cccc1I)C(F)(F)F.O=S(=O)(N=C([O-])c1cc(I)cc(I)c1I)C(F)(F)F. The molecular weight excluding hydrogens is 2920 g/mol. The van der Waals surface area contributed by atoms with Crippen molar-refractivity contribution in [2.24, 2.45) is 13.2 Å². The number of sulfonamides is 4. The van der Waals surface area contributed by atoms with Crippen molar-refractivity contribution in [3.8, 4) is 5.75 Å². The van der Waals surface area contributed by atoms with Crippen LogP contribution in [0.3, 0.4) is 0 Å². The number of aromatic nitrogens is 2. The van der Waals surface area contributed by atoms with Crippen LogP contribution in [-0.4, -0.2) is 157 Å². The fraction of sp³-hybridized carbons (Fsp3) is 0.300. The van der Waals surface area contributed by atoms with Crippen molar-refractivity contribution in [2.45, 2.75) is 107 Å². The first-order valence-corrected chi connectivity index (χ1v) is 50.0. The average molecular weight is 3000 g/mol. The lowest BCUT2D eigenvalue weighted by Crippen LogP contribution is -3.06. The van der Waals surface area contributed by atoms with E-state index in [2.05, 4.69) is 93.9 Å². The largest absolute Gasteiger partial charge is 0.871 e. The second-order valence-electron chi connectivity index (χ2n) is 26.2. The van der Waals surface area contributed by atoms with Crippen molar-refractivity contribution in [1.29, 1.82) is 0 Å². The zero-order chi connectivity index (χ0) is 98.7. The molecule has 30 nitrogen and oxygen atoms in total. The number of ether oxygens (including phenoxy) is 2. The molecule has 9 N–H and O–H groups in total. The van der Waals surface area contributed by atoms with Gasteiger partial charge >= 0.3 is 74.1 Å². The lowest BCUT2D eigenvalue weighted by Gasteiger charge is -2.42. The highest BCUT2D eigenvalue weighted by atomic mass is 127. The number of likely N-dealkylation sites (N-methyl/N-ethyl adjacent to an activating group) is 1. The number of piperidine rings is 1. The monoisotopic (exact) mass is 3000 g/mol. The molecule has 6 aromatic rings. The Hall–Kier alpha value is -4.03. The Morgan fingerprint density at radius 2 is 1.02 bits per heavy atom. The van der Waals surface area contributed by atoms with Gasteiger partial charge in [-0.15, -0.1) is 0 Å². The van der Waals surface area contributed by atoms with E-state index in [1.807, 2.05) is 95.8 Å². The van der Waals surface area contributed by atoms with Gasteiger partial charge in [0.05, 0.1) is 46.4 Å². The molecule has 1 aliphatic rings. The van der Waals surface area contributed by atoms with Gasteiger partial charge in [0.25, 0.3) is 5.91 Å². The summed E-state index contributed by atoms with van der Waals surface area (Å²) >= 11 is 17.0. The molecule has 0 unspecified atom stereocenters. The molecule has 1 aromatic heterocycles. The highest BCUT2D eigenvalue weighted by Crippen LogP contribution is 2.40. The van der Waals surface area contributed by atoms with E-state index in [4.69, 9.17) is 9.47 Å². The molecule has 0 atom stereocenters. The lowest BCUT2D eigenvalue weighted by molar-refractivity contribution is -0.858. The van der Waals surface area contributed by atoms with Crippen LogP contribution in [0.25, 0.3) is 12.3 Å². The molecule has 0 aliphatic carbocycles. The van der Waals surface area contributed by atoms with Crippen molar-refractivity contribution in [3.63, 3.8) is 0 Å². The Balaban J connectivity index is 0.00000145. The fourth-order valence-corrected chi connectivity index (χ4v) is 20.7. The summed E-state index contributed by atoms with van der Waals surface area (Å²) in [5.74, 6) is -8.07. The summed E-state index contributed by atoms with van der Waals surface area (Å²) in [7, 11) is -19.4. The molecule has 2 heterocycles. The summed E-state index contributed by atoms with van der Waals surface area (Å²) in [6.45, 7) is 29.9. The predicted molar refractivity (Wildman–Crippen MR) is 523 cm³/mol. The van der Waals surface area contributed by atoms with Gasteiger partial charge in [0.1, 0.15) is 24.9 Å². The van der Waals surface area contributed by atoms with Crippen LogP contribution in [0.1, 0.15) is 101 Å². The number of carbonyl (C=O) groups is 5. The number of imidazole rings is 1. The molecule has 1 saturated heterocycles. The molecule has 700 valence electrons. The van der Waals surface area contributed by atoms with Crippen molar-refractivity contribution in [1.82, 2.24) is 14.3 Å². The van der Waals surface area contributed by atoms with Crippen molar-refractivity contribution in [3.05, 3.63) is 186 Å². The van der Waals surface area contributed by atoms with Crippen LogP contribution in [0.2, 0.25) is 0 Å². The molecule has 1 fully saturated rings. The fourth-order valence-electron chi connectivity index (χ4n) is 8.65. The molecular formula is C70H72F12I10N11O19S4-. The van der Waals surface area contributed by atoms with Gasteiger partial charge in [-0.2, -0.15) is 99.5 Å². The molecule has 0 radical (unpaired) electrons. The number of anilines is 2. The maximum absolute atomic E-state index is 12.5. The van der Waals surface area contributed by atoms with Gasteiger partial charge < -0.3 is 61.1 Å². The standard InChI is InChI=1S/C13H23NO2.C12H9F3I3N3O5S.C8H3F3I3NO3S.C8H4F3I2NO4S.C8H4F3I2NO3S.C8H15NO2.C8H9N.C5H6N2/c1-9(2)11(15)16-10-7-12(3,4)14-13(5,6)8-10;1-3(22)19-9-6(16)5(7(17)10(8(9)18)20-4(2)23)11(24)21-27(25,26)12(13,14)15;9-8(10,11)19(17,18)15-7(16)4-1-3(12)2-5(13)6(4)14;9-8(10,11)19(17,18)14-7(16)3-1-4(12)6(15)5(13)2-3;9-8(10,11)18(16,17)14-7(15)6-4(12)2-1-3-5(6)13;1-7(2)8(10)11-6-5-9(3)4;1-2-7-3-5-8(9)6-4-7;1-2-7-4-3-6-5-7/h10,14H,1,7-8H2,2-6H3;1-2H3,(H,19,22)(H,20,23)(H,21,24);1-2H,(H,15,16);1-2,15H,(H,14,16);1-3H,(H,14,15);1,5-6H2,2-4H3;2-6H,1,9H2;2-5H,1H2/p-1. The van der Waals surface area contributed by atoms with Crippen molar-refractivity contribution in [2.75, 3.05) is 37.9 Å². The molecule has 7 rings (SSSR count). The third-order valence-electron chi connectivity index (χ3n) is 13.9. The first-order valence-electron chi connectivity index (χ1n) is 33.4. The number of amides is 3. The molecule has 56 heteroatoms. The summed E-state index contributed by atoms with van der Waals surface area (Å²) in [5.41, 5.74) is -16.5. The number of alkyl halides is 12. The van der Waals surface area contributed by atoms with Gasteiger partial charge in [-0.3, -0.25) is 14.4 Å². The van der Waals surface area contributed by atoms with Gasteiger partial charge in [0.2, 0.25) is 11.8 Å². The van der Waals surface area contributed by atoms with Crippen LogP contribution in [0, 0.1) is 35.7 Å². The summed E-state index contributed by atoms with van der Waals surface area (Å²) in [5, 5.41) is 53.8. The molecule has 0 spiro atoms. The highest BCUT2D eigenvalue weighted by molar-refractivity contribution is 14.1. The molecule has 126 heavy (non-hydrogen) atoms. The third-order valence-corrected chi connectivity index (χ3v) is 28.2. The van der Waals surface area contributed by atoms with E-state index in [0.29, 0.717) is 39.2 Å². The van der Waals surface area contributed by atoms with Crippen LogP contribution in [0.4, 0.5) is 69.7 Å². The van der Waals surface area contributed by atoms with Gasteiger partial charge in [-0.1, -0.05) is 44.2 Å². The van der Waals surface area contributed by atoms with Crippen LogP contribution < -0.4 is 51.7 Å². The quantitative estimate of drug-likeness (QED) is 0.00885. The molecule has 3 amide bonds. The Morgan fingerprint density at radius 1 is 0.603 bits per heavy atom. The number of quaternary nitrogens is 3. The summed E-state index contributed by atoms with van der Waals surface area (Å²) in [6.07, 6.45) is 10.5. The van der Waals surface area contributed by atoms with Crippen LogP contribution >= 0.6 is 226 Å². The van der Waals surface area contributed by atoms with E-state index < -0.39 is 109 Å². The third kappa shape index (κ3) is 42.0. The maximum atomic E-state index is 12.5. The Morgan fingerprint density at radius 3 is 1.37 bits per heavy atom. The van der Waals surface area contributed by atoms with E-state index in [1.165, 1.54) is 23.1 Å². The first kappa shape index (κ1) is 122. The second-order valence-corrected chi connectivity index (χ2v) is 44.1. The predicted octanol–water partition coefficient (Wildman–Crippen LogP) is 11.1. The number of hydrogen-bond donors (Lipinski definition) is 6. The number of nitrogens with zero attached hydrogens (tertiary/aromatic N) is 5. The Kier molecular flexibility index (Phi) is 50.9. The van der Waals surface area contributed by atoms with E-state index in [0.717, 1.165) is 61.3 Å². The van der Waals surface area contributed by atoms with Crippen molar-refractivity contribution < 1.29 is 156 Å². The normalized spacial score (nSPS) is 13.6. The van der Waals surface area contributed by atoms with Crippen LogP contribution in [0.15, 0.2) is 136 Å². The Bertz CT molecular complexity index is 5440. The number of hydrogen-bond acceptors (Lipinski definition) is 20. The molecule has 1 aliphatic heterocycles. The van der Waals surface area contributed by atoms with E-state index in [9.17, 15) is 131 Å². The number of halogens is 22. The molecule has 0 saturated carbocycles. The summed E-state index contributed by atoms with van der Waals surface area (Å²) in [4.78, 5) is 61.6. The highest BCUT2D eigenvalue weighted by Gasteiger charge is 2.49. The zero-order valence-electron chi connectivity index (χ0n) is 66.2. The zero-order valence-corrected chi connectivity index (χ0v) is 91.0. The summed E-state index contributed by atoms with van der Waals surface area (Å²) < 4.78 is 256. The topological polar surface area (TPSA) is 472 Å². The second kappa shape index (κ2) is 52.6. The number of benzene rings is 5. The van der Waals surface area contributed by atoms with E-state index in [-0.39, 0.29) is 71.5 Å². The van der Waals surface area contributed by atoms with Crippen molar-refractivity contribution >= 4 is 343 Å². The Labute approximate surface area is 852 Å². The van der Waals surface area contributed by atoms with Crippen LogP contribution in [-0.2, 0) is 68.7 Å². The first-order chi connectivity index (χ1) is 57.0. The molecule has 5 aromatic carbocycles.